The van der Waals surface area contributed by atoms with E-state index >= 15 is 0 Å². The second-order valence-electron chi connectivity index (χ2n) is 4.38. The van der Waals surface area contributed by atoms with Gasteiger partial charge in [0.15, 0.2) is 0 Å². The Balaban J connectivity index is 2.45. The highest BCUT2D eigenvalue weighted by molar-refractivity contribution is 5.76. The van der Waals surface area contributed by atoms with E-state index in [1.54, 1.807) is 0 Å². The van der Waals surface area contributed by atoms with Gasteiger partial charge in [0.2, 0.25) is 5.91 Å². The Hall–Kier alpha value is -0.570. The monoisotopic (exact) mass is 212 g/mol. The van der Waals surface area contributed by atoms with Gasteiger partial charge >= 0.3 is 0 Å². The quantitative estimate of drug-likeness (QED) is 0.753. The zero-order chi connectivity index (χ0) is 11.1. The lowest BCUT2D eigenvalue weighted by molar-refractivity contribution is -0.135. The molecule has 1 atom stereocenters. The van der Waals surface area contributed by atoms with Gasteiger partial charge in [0.25, 0.3) is 0 Å². The van der Waals surface area contributed by atoms with Crippen LogP contribution in [0.1, 0.15) is 45.4 Å². The van der Waals surface area contributed by atoms with Crippen LogP contribution in [0.2, 0.25) is 0 Å². The lowest BCUT2D eigenvalue weighted by Gasteiger charge is -2.36. The highest BCUT2D eigenvalue weighted by Gasteiger charge is 2.25. The van der Waals surface area contributed by atoms with Crippen LogP contribution in [0.15, 0.2) is 0 Å². The summed E-state index contributed by atoms with van der Waals surface area (Å²) < 4.78 is 0. The molecule has 0 aliphatic carbocycles. The lowest BCUT2D eigenvalue weighted by atomic mass is 9.98. The molecule has 1 amide bonds. The number of hydrogen-bond acceptors (Lipinski definition) is 2. The van der Waals surface area contributed by atoms with E-state index in [9.17, 15) is 4.79 Å². The van der Waals surface area contributed by atoms with Crippen molar-refractivity contribution in [1.29, 1.82) is 0 Å². The van der Waals surface area contributed by atoms with Crippen molar-refractivity contribution in [2.24, 2.45) is 0 Å². The van der Waals surface area contributed by atoms with E-state index in [0.29, 0.717) is 11.9 Å². The first-order valence-electron chi connectivity index (χ1n) is 6.23. The Morgan fingerprint density at radius 3 is 2.93 bits per heavy atom. The molecule has 1 aliphatic rings. The number of carbonyl (C=O) groups excluding carboxylic acids is 1. The molecule has 1 N–H and O–H groups in total. The number of nitrogens with one attached hydrogen (secondary N) is 1. The molecule has 3 heteroatoms. The summed E-state index contributed by atoms with van der Waals surface area (Å²) in [6.07, 6.45) is 6.45. The molecule has 0 aromatic carbocycles. The lowest BCUT2D eigenvalue weighted by Crippen LogP contribution is -2.44. The normalized spacial score (nSPS) is 21.7. The molecule has 1 fully saturated rings. The predicted molar refractivity (Wildman–Crippen MR) is 62.8 cm³/mol. The number of nitrogens with zero attached hydrogens (tertiary/aromatic N) is 1. The van der Waals surface area contributed by atoms with Crippen LogP contribution < -0.4 is 5.32 Å². The SMILES string of the molecule is CCCC(=O)N1CCCCC1CCNC. The van der Waals surface area contributed by atoms with E-state index < -0.39 is 0 Å². The topological polar surface area (TPSA) is 32.3 Å². The first-order valence-corrected chi connectivity index (χ1v) is 6.23. The summed E-state index contributed by atoms with van der Waals surface area (Å²) in [5.74, 6) is 0.360. The molecular weight excluding hydrogens is 188 g/mol. The smallest absolute Gasteiger partial charge is 0.222 e. The van der Waals surface area contributed by atoms with Crippen LogP contribution in [0.5, 0.6) is 0 Å². The number of rotatable bonds is 5. The predicted octanol–water partition coefficient (Wildman–Crippen LogP) is 1.78. The van der Waals surface area contributed by atoms with Crippen molar-refractivity contribution in [3.8, 4) is 0 Å². The van der Waals surface area contributed by atoms with Gasteiger partial charge < -0.3 is 10.2 Å². The van der Waals surface area contributed by atoms with Crippen LogP contribution in [0.25, 0.3) is 0 Å². The maximum absolute atomic E-state index is 11.9. The summed E-state index contributed by atoms with van der Waals surface area (Å²) in [6, 6.07) is 0.491. The fraction of sp³-hybridized carbons (Fsp3) is 0.917. The van der Waals surface area contributed by atoms with E-state index in [0.717, 1.165) is 32.4 Å². The second kappa shape index (κ2) is 6.83. The first-order chi connectivity index (χ1) is 7.29. The van der Waals surface area contributed by atoms with Gasteiger partial charge in [-0.2, -0.15) is 0 Å². The van der Waals surface area contributed by atoms with Crippen LogP contribution in [0.4, 0.5) is 0 Å². The Kier molecular flexibility index (Phi) is 5.69. The van der Waals surface area contributed by atoms with Crippen LogP contribution in [0.3, 0.4) is 0 Å². The molecule has 0 bridgehead atoms. The van der Waals surface area contributed by atoms with Crippen molar-refractivity contribution in [2.75, 3.05) is 20.1 Å². The van der Waals surface area contributed by atoms with Gasteiger partial charge in [0.1, 0.15) is 0 Å². The molecule has 1 aliphatic heterocycles. The molecule has 15 heavy (non-hydrogen) atoms. The van der Waals surface area contributed by atoms with Crippen LogP contribution in [-0.2, 0) is 4.79 Å². The Morgan fingerprint density at radius 1 is 1.47 bits per heavy atom. The Bertz CT molecular complexity index is 194. The number of carbonyl (C=O) groups is 1. The van der Waals surface area contributed by atoms with Crippen LogP contribution in [0, 0.1) is 0 Å². The molecule has 1 saturated heterocycles. The molecule has 0 radical (unpaired) electrons. The van der Waals surface area contributed by atoms with Crippen molar-refractivity contribution in [1.82, 2.24) is 10.2 Å². The first kappa shape index (κ1) is 12.5. The highest BCUT2D eigenvalue weighted by Crippen LogP contribution is 2.20. The maximum Gasteiger partial charge on any atom is 0.222 e. The van der Waals surface area contributed by atoms with Crippen molar-refractivity contribution in [3.63, 3.8) is 0 Å². The van der Waals surface area contributed by atoms with Gasteiger partial charge in [-0.1, -0.05) is 6.92 Å². The van der Waals surface area contributed by atoms with Crippen LogP contribution in [-0.4, -0.2) is 37.0 Å². The molecule has 3 nitrogen and oxygen atoms in total. The van der Waals surface area contributed by atoms with E-state index in [-0.39, 0.29) is 0 Å². The van der Waals surface area contributed by atoms with Crippen molar-refractivity contribution in [2.45, 2.75) is 51.5 Å². The minimum Gasteiger partial charge on any atom is -0.340 e. The molecule has 0 spiro atoms. The Morgan fingerprint density at radius 2 is 2.27 bits per heavy atom. The van der Waals surface area contributed by atoms with Crippen molar-refractivity contribution in [3.05, 3.63) is 0 Å². The third-order valence-electron chi connectivity index (χ3n) is 3.14. The summed E-state index contributed by atoms with van der Waals surface area (Å²) in [5, 5.41) is 3.17. The van der Waals surface area contributed by atoms with Crippen molar-refractivity contribution < 1.29 is 4.79 Å². The summed E-state index contributed by atoms with van der Waals surface area (Å²) in [5.41, 5.74) is 0. The number of amides is 1. The second-order valence-corrected chi connectivity index (χ2v) is 4.38. The summed E-state index contributed by atoms with van der Waals surface area (Å²) in [7, 11) is 1.97. The largest absolute Gasteiger partial charge is 0.340 e. The molecule has 0 saturated carbocycles. The Labute approximate surface area is 93.2 Å². The van der Waals surface area contributed by atoms with Gasteiger partial charge in [-0.3, -0.25) is 4.79 Å². The molecule has 1 rings (SSSR count). The standard InChI is InChI=1S/C12H24N2O/c1-3-6-12(15)14-10-5-4-7-11(14)8-9-13-2/h11,13H,3-10H2,1-2H3. The fourth-order valence-electron chi connectivity index (χ4n) is 2.30. The molecule has 1 unspecified atom stereocenters. The molecule has 0 aromatic heterocycles. The van der Waals surface area contributed by atoms with Crippen LogP contribution >= 0.6 is 0 Å². The highest BCUT2D eigenvalue weighted by atomic mass is 16.2. The van der Waals surface area contributed by atoms with E-state index in [1.165, 1.54) is 19.3 Å². The summed E-state index contributed by atoms with van der Waals surface area (Å²) in [6.45, 7) is 4.07. The maximum atomic E-state index is 11.9. The summed E-state index contributed by atoms with van der Waals surface area (Å²) in [4.78, 5) is 14.0. The third-order valence-corrected chi connectivity index (χ3v) is 3.14. The number of piperidine rings is 1. The van der Waals surface area contributed by atoms with E-state index in [1.807, 2.05) is 7.05 Å². The minimum absolute atomic E-state index is 0.360. The van der Waals surface area contributed by atoms with Gasteiger partial charge in [-0.05, 0) is 45.7 Å². The summed E-state index contributed by atoms with van der Waals surface area (Å²) >= 11 is 0. The molecule has 1 heterocycles. The van der Waals surface area contributed by atoms with Crippen molar-refractivity contribution >= 4 is 5.91 Å². The van der Waals surface area contributed by atoms with Gasteiger partial charge in [0.05, 0.1) is 0 Å². The molecule has 0 aromatic rings. The minimum atomic E-state index is 0.360. The van der Waals surface area contributed by atoms with E-state index in [2.05, 4.69) is 17.1 Å². The number of likely N-dealkylation sites (tertiary alicyclic amines) is 1. The third kappa shape index (κ3) is 3.82. The van der Waals surface area contributed by atoms with E-state index in [4.69, 9.17) is 0 Å². The average Bonchev–Trinajstić information content (AvgIpc) is 2.27. The number of hydrogen-bond donors (Lipinski definition) is 1. The average molecular weight is 212 g/mol. The molecule has 88 valence electrons. The zero-order valence-electron chi connectivity index (χ0n) is 10.1. The van der Waals surface area contributed by atoms with Gasteiger partial charge in [0, 0.05) is 19.0 Å². The molecular formula is C12H24N2O. The zero-order valence-corrected chi connectivity index (χ0v) is 10.1. The fourth-order valence-corrected chi connectivity index (χ4v) is 2.30. The van der Waals surface area contributed by atoms with Gasteiger partial charge in [-0.25, -0.2) is 0 Å². The van der Waals surface area contributed by atoms with Gasteiger partial charge in [-0.15, -0.1) is 0 Å².